The average molecular weight is 522 g/mol. The second-order valence-electron chi connectivity index (χ2n) is 9.98. The lowest BCUT2D eigenvalue weighted by molar-refractivity contribution is -0.384. The fraction of sp³-hybridized carbons (Fsp3) is 0.480. The van der Waals surface area contributed by atoms with Gasteiger partial charge in [0.1, 0.15) is 5.60 Å². The van der Waals surface area contributed by atoms with Crippen LogP contribution >= 0.6 is 0 Å². The number of carbonyl (C=O) groups is 1. The van der Waals surface area contributed by atoms with Gasteiger partial charge in [-0.3, -0.25) is 10.1 Å². The van der Waals surface area contributed by atoms with Gasteiger partial charge in [-0.25, -0.2) is 13.2 Å². The monoisotopic (exact) mass is 521 g/mol. The number of benzene rings is 2. The van der Waals surface area contributed by atoms with Crippen LogP contribution in [0.1, 0.15) is 40.2 Å². The number of ether oxygens (including phenoxy) is 1. The fourth-order valence-electron chi connectivity index (χ4n) is 3.51. The van der Waals surface area contributed by atoms with E-state index in [0.717, 1.165) is 22.0 Å². The normalized spacial score (nSPS) is 13.9. The summed E-state index contributed by atoms with van der Waals surface area (Å²) in [6.07, 6.45) is -1.76. The van der Waals surface area contributed by atoms with Crippen molar-refractivity contribution in [3.63, 3.8) is 0 Å². The van der Waals surface area contributed by atoms with Gasteiger partial charge in [0.15, 0.2) is 0 Å². The van der Waals surface area contributed by atoms with Crippen molar-refractivity contribution in [1.82, 2.24) is 9.62 Å². The Kier molecular flexibility index (Phi) is 9.97. The minimum absolute atomic E-state index is 0.0728. The van der Waals surface area contributed by atoms with Gasteiger partial charge >= 0.3 is 6.09 Å². The lowest BCUT2D eigenvalue weighted by atomic mass is 10.0. The summed E-state index contributed by atoms with van der Waals surface area (Å²) < 4.78 is 33.3. The largest absolute Gasteiger partial charge is 0.444 e. The van der Waals surface area contributed by atoms with Crippen molar-refractivity contribution in [2.45, 2.75) is 63.7 Å². The molecule has 0 radical (unpaired) electrons. The minimum Gasteiger partial charge on any atom is -0.444 e. The molecule has 2 N–H and O–H groups in total. The van der Waals surface area contributed by atoms with Crippen molar-refractivity contribution < 1.29 is 28.0 Å². The van der Waals surface area contributed by atoms with E-state index < -0.39 is 38.8 Å². The van der Waals surface area contributed by atoms with E-state index in [9.17, 15) is 28.4 Å². The Bertz CT molecular complexity index is 1110. The number of nitrogens with zero attached hydrogens (tertiary/aromatic N) is 2. The van der Waals surface area contributed by atoms with Crippen LogP contribution in [0.15, 0.2) is 59.5 Å². The Morgan fingerprint density at radius 3 is 2.17 bits per heavy atom. The van der Waals surface area contributed by atoms with E-state index in [-0.39, 0.29) is 36.0 Å². The third kappa shape index (κ3) is 8.89. The number of hydrogen-bond donors (Lipinski definition) is 2. The van der Waals surface area contributed by atoms with Crippen LogP contribution in [0.3, 0.4) is 0 Å². The van der Waals surface area contributed by atoms with Crippen LogP contribution in [0, 0.1) is 16.0 Å². The van der Waals surface area contributed by atoms with Crippen LogP contribution in [0.5, 0.6) is 0 Å². The zero-order valence-corrected chi connectivity index (χ0v) is 22.1. The number of non-ortho nitro benzene ring substituents is 1. The highest BCUT2D eigenvalue weighted by Crippen LogP contribution is 2.22. The minimum atomic E-state index is -4.09. The molecule has 2 unspecified atom stereocenters. The number of sulfonamides is 1. The van der Waals surface area contributed by atoms with Crippen LogP contribution < -0.4 is 5.32 Å². The first kappa shape index (κ1) is 29.2. The van der Waals surface area contributed by atoms with Crippen molar-refractivity contribution in [2.24, 2.45) is 5.92 Å². The number of nitrogens with one attached hydrogen (secondary N) is 1. The summed E-state index contributed by atoms with van der Waals surface area (Å²) in [4.78, 5) is 22.7. The van der Waals surface area contributed by atoms with Crippen LogP contribution in [0.2, 0.25) is 0 Å². The molecule has 0 aliphatic heterocycles. The molecule has 0 aromatic heterocycles. The Morgan fingerprint density at radius 2 is 1.67 bits per heavy atom. The second kappa shape index (κ2) is 12.3. The molecule has 0 spiro atoms. The standard InChI is InChI=1S/C25H35N3O7S/c1-18(2)16-27(36(33,34)21-13-11-20(12-14-21)28(31)32)17-23(29)22(15-19-9-7-6-8-10-19)26-24(30)35-25(3,4)5/h6-14,18,22-23,29H,15-17H2,1-5H3,(H,26,30). The maximum atomic E-state index is 13.4. The second-order valence-corrected chi connectivity index (χ2v) is 11.9. The van der Waals surface area contributed by atoms with E-state index in [1.165, 1.54) is 12.1 Å². The molecule has 0 aliphatic rings. The third-order valence-corrected chi connectivity index (χ3v) is 6.96. The Balaban J connectivity index is 2.33. The number of amides is 1. The number of carbonyl (C=O) groups excluding carboxylic acids is 1. The number of nitro groups is 1. The highest BCUT2D eigenvalue weighted by molar-refractivity contribution is 7.89. The number of aliphatic hydroxyl groups excluding tert-OH is 1. The zero-order valence-electron chi connectivity index (χ0n) is 21.2. The Morgan fingerprint density at radius 1 is 1.08 bits per heavy atom. The van der Waals surface area contributed by atoms with Crippen molar-refractivity contribution in [3.05, 3.63) is 70.3 Å². The van der Waals surface area contributed by atoms with Crippen molar-refractivity contribution >= 4 is 21.8 Å². The lowest BCUT2D eigenvalue weighted by Gasteiger charge is -2.31. The number of aliphatic hydroxyl groups is 1. The molecule has 0 bridgehead atoms. The molecule has 2 aromatic carbocycles. The van der Waals surface area contributed by atoms with Crippen LogP contribution in [-0.4, -0.2) is 59.7 Å². The summed E-state index contributed by atoms with van der Waals surface area (Å²) in [7, 11) is -4.09. The first-order valence-corrected chi connectivity index (χ1v) is 13.1. The number of alkyl carbamates (subject to hydrolysis) is 1. The Hall–Kier alpha value is -3.02. The maximum Gasteiger partial charge on any atom is 0.407 e. The summed E-state index contributed by atoms with van der Waals surface area (Å²) in [5.74, 6) is -0.0728. The molecule has 2 rings (SSSR count). The average Bonchev–Trinajstić information content (AvgIpc) is 2.77. The topological polar surface area (TPSA) is 139 Å². The lowest BCUT2D eigenvalue weighted by Crippen LogP contribution is -2.51. The van der Waals surface area contributed by atoms with E-state index in [1.807, 2.05) is 44.2 Å². The SMILES string of the molecule is CC(C)CN(CC(O)C(Cc1ccccc1)NC(=O)OC(C)(C)C)S(=O)(=O)c1ccc([N+](=O)[O-])cc1. The molecule has 0 saturated carbocycles. The van der Waals surface area contributed by atoms with Crippen LogP contribution in [-0.2, 0) is 21.2 Å². The molecule has 36 heavy (non-hydrogen) atoms. The third-order valence-electron chi connectivity index (χ3n) is 5.11. The quantitative estimate of drug-likeness (QED) is 0.339. The molecule has 10 nitrogen and oxygen atoms in total. The number of rotatable bonds is 11. The molecule has 0 heterocycles. The molecule has 0 aliphatic carbocycles. The highest BCUT2D eigenvalue weighted by atomic mass is 32.2. The first-order chi connectivity index (χ1) is 16.7. The predicted octanol–water partition coefficient (Wildman–Crippen LogP) is 3.74. The van der Waals surface area contributed by atoms with E-state index >= 15 is 0 Å². The van der Waals surface area contributed by atoms with Crippen molar-refractivity contribution in [3.8, 4) is 0 Å². The zero-order chi connectivity index (χ0) is 27.1. The van der Waals surface area contributed by atoms with Crippen molar-refractivity contribution in [1.29, 1.82) is 0 Å². The molecule has 1 amide bonds. The van der Waals surface area contributed by atoms with Gasteiger partial charge in [-0.05, 0) is 50.8 Å². The van der Waals surface area contributed by atoms with Gasteiger partial charge in [0.2, 0.25) is 10.0 Å². The van der Waals surface area contributed by atoms with E-state index in [2.05, 4.69) is 5.32 Å². The summed E-state index contributed by atoms with van der Waals surface area (Å²) >= 11 is 0. The predicted molar refractivity (Wildman–Crippen MR) is 136 cm³/mol. The molecule has 198 valence electrons. The van der Waals surface area contributed by atoms with E-state index in [0.29, 0.717) is 0 Å². The molecule has 2 atom stereocenters. The Labute approximate surface area is 212 Å². The van der Waals surface area contributed by atoms with Gasteiger partial charge in [-0.1, -0.05) is 44.2 Å². The van der Waals surface area contributed by atoms with Gasteiger partial charge in [0, 0.05) is 25.2 Å². The van der Waals surface area contributed by atoms with Gasteiger partial charge < -0.3 is 15.2 Å². The van der Waals surface area contributed by atoms with Gasteiger partial charge in [0.25, 0.3) is 5.69 Å². The smallest absolute Gasteiger partial charge is 0.407 e. The molecule has 0 saturated heterocycles. The van der Waals surface area contributed by atoms with Crippen LogP contribution in [0.4, 0.5) is 10.5 Å². The van der Waals surface area contributed by atoms with Gasteiger partial charge in [-0.2, -0.15) is 4.31 Å². The molecule has 2 aromatic rings. The summed E-state index contributed by atoms with van der Waals surface area (Å²) in [6, 6.07) is 12.9. The summed E-state index contributed by atoms with van der Waals surface area (Å²) in [6.45, 7) is 8.63. The molecular formula is C25H35N3O7S. The van der Waals surface area contributed by atoms with Gasteiger partial charge in [-0.15, -0.1) is 0 Å². The highest BCUT2D eigenvalue weighted by Gasteiger charge is 2.32. The van der Waals surface area contributed by atoms with Crippen molar-refractivity contribution in [2.75, 3.05) is 13.1 Å². The summed E-state index contributed by atoms with van der Waals surface area (Å²) in [5.41, 5.74) is -0.143. The summed E-state index contributed by atoms with van der Waals surface area (Å²) in [5, 5.41) is 24.8. The van der Waals surface area contributed by atoms with Crippen LogP contribution in [0.25, 0.3) is 0 Å². The molecule has 0 fully saturated rings. The number of hydrogen-bond acceptors (Lipinski definition) is 7. The van der Waals surface area contributed by atoms with E-state index in [4.69, 9.17) is 4.74 Å². The van der Waals surface area contributed by atoms with E-state index in [1.54, 1.807) is 20.8 Å². The fourth-order valence-corrected chi connectivity index (χ4v) is 5.13. The first-order valence-electron chi connectivity index (χ1n) is 11.6. The number of nitro benzene ring substituents is 1. The van der Waals surface area contributed by atoms with Gasteiger partial charge in [0.05, 0.1) is 22.0 Å². The molecule has 11 heteroatoms. The molecular weight excluding hydrogens is 486 g/mol. The maximum absolute atomic E-state index is 13.4.